The average molecular weight is 362 g/mol. The molecule has 2 aliphatic rings. The number of hydrogen-bond acceptors (Lipinski definition) is 5. The quantitative estimate of drug-likeness (QED) is 0.894. The summed E-state index contributed by atoms with van der Waals surface area (Å²) in [7, 11) is 0. The molecule has 26 heavy (non-hydrogen) atoms. The SMILES string of the molecule is CC(C)(C)OC(=O)NC[C@@H]1CCCN1C(=O)c1cccc2c1OCCO2. The zero-order valence-corrected chi connectivity index (χ0v) is 15.5. The van der Waals surface area contributed by atoms with Crippen molar-refractivity contribution in [1.82, 2.24) is 10.2 Å². The van der Waals surface area contributed by atoms with Gasteiger partial charge in [0.05, 0.1) is 5.56 Å². The zero-order valence-electron chi connectivity index (χ0n) is 15.5. The Morgan fingerprint density at radius 2 is 2.04 bits per heavy atom. The zero-order chi connectivity index (χ0) is 18.7. The van der Waals surface area contributed by atoms with E-state index in [2.05, 4.69) is 5.32 Å². The summed E-state index contributed by atoms with van der Waals surface area (Å²) in [5, 5.41) is 2.77. The fraction of sp³-hybridized carbons (Fsp3) is 0.579. The lowest BCUT2D eigenvalue weighted by atomic mass is 10.1. The molecule has 7 nitrogen and oxygen atoms in total. The van der Waals surface area contributed by atoms with Gasteiger partial charge in [0.1, 0.15) is 18.8 Å². The average Bonchev–Trinajstić information content (AvgIpc) is 3.06. The van der Waals surface area contributed by atoms with Gasteiger partial charge in [-0.3, -0.25) is 4.79 Å². The lowest BCUT2D eigenvalue weighted by molar-refractivity contribution is 0.0500. The van der Waals surface area contributed by atoms with Crippen LogP contribution in [0.1, 0.15) is 44.0 Å². The van der Waals surface area contributed by atoms with Crippen LogP contribution >= 0.6 is 0 Å². The molecule has 0 spiro atoms. The van der Waals surface area contributed by atoms with Crippen molar-refractivity contribution in [1.29, 1.82) is 0 Å². The van der Waals surface area contributed by atoms with E-state index in [4.69, 9.17) is 14.2 Å². The topological polar surface area (TPSA) is 77.1 Å². The molecular weight excluding hydrogens is 336 g/mol. The highest BCUT2D eigenvalue weighted by Crippen LogP contribution is 2.35. The standard InChI is InChI=1S/C19H26N2O5/c1-19(2,3)26-18(23)20-12-13-6-5-9-21(13)17(22)14-7-4-8-15-16(14)25-11-10-24-15/h4,7-8,13H,5-6,9-12H2,1-3H3,(H,20,23)/t13-/m0/s1. The molecule has 1 aromatic carbocycles. The fourth-order valence-electron chi connectivity index (χ4n) is 3.23. The van der Waals surface area contributed by atoms with Gasteiger partial charge in [-0.2, -0.15) is 0 Å². The molecule has 0 saturated carbocycles. The second-order valence-corrected chi connectivity index (χ2v) is 7.51. The monoisotopic (exact) mass is 362 g/mol. The third kappa shape index (κ3) is 4.20. The number of likely N-dealkylation sites (tertiary alicyclic amines) is 1. The van der Waals surface area contributed by atoms with Crippen LogP contribution < -0.4 is 14.8 Å². The maximum atomic E-state index is 13.0. The molecule has 7 heteroatoms. The lowest BCUT2D eigenvalue weighted by Gasteiger charge is -2.28. The van der Waals surface area contributed by atoms with E-state index >= 15 is 0 Å². The number of para-hydroxylation sites is 1. The number of carbonyl (C=O) groups is 2. The van der Waals surface area contributed by atoms with Crippen LogP contribution in [0.15, 0.2) is 18.2 Å². The Labute approximate surface area is 153 Å². The molecule has 0 radical (unpaired) electrons. The largest absolute Gasteiger partial charge is 0.486 e. The highest BCUT2D eigenvalue weighted by atomic mass is 16.6. The molecule has 0 aliphatic carbocycles. The number of rotatable bonds is 3. The molecule has 3 rings (SSSR count). The molecule has 0 unspecified atom stereocenters. The minimum atomic E-state index is -0.546. The first-order chi connectivity index (χ1) is 12.3. The van der Waals surface area contributed by atoms with Crippen molar-refractivity contribution in [2.75, 3.05) is 26.3 Å². The number of amides is 2. The molecule has 142 valence electrons. The van der Waals surface area contributed by atoms with Crippen molar-refractivity contribution < 1.29 is 23.8 Å². The summed E-state index contributed by atoms with van der Waals surface area (Å²) < 4.78 is 16.5. The van der Waals surface area contributed by atoms with E-state index in [9.17, 15) is 9.59 Å². The van der Waals surface area contributed by atoms with E-state index in [1.54, 1.807) is 23.1 Å². The Hall–Kier alpha value is -2.44. The predicted molar refractivity (Wildman–Crippen MR) is 95.7 cm³/mol. The highest BCUT2D eigenvalue weighted by Gasteiger charge is 2.32. The van der Waals surface area contributed by atoms with Crippen LogP contribution in [-0.2, 0) is 4.74 Å². The first kappa shape index (κ1) is 18.4. The molecule has 2 heterocycles. The normalized spacial score (nSPS) is 19.2. The Kier molecular flexibility index (Phi) is 5.25. The molecular formula is C19H26N2O5. The van der Waals surface area contributed by atoms with Gasteiger partial charge in [0.2, 0.25) is 0 Å². The van der Waals surface area contributed by atoms with Gasteiger partial charge in [-0.15, -0.1) is 0 Å². The smallest absolute Gasteiger partial charge is 0.407 e. The number of alkyl carbamates (subject to hydrolysis) is 1. The van der Waals surface area contributed by atoms with Gasteiger partial charge in [-0.05, 0) is 45.7 Å². The molecule has 1 N–H and O–H groups in total. The lowest BCUT2D eigenvalue weighted by Crippen LogP contribution is -2.44. The highest BCUT2D eigenvalue weighted by molar-refractivity contribution is 5.98. The van der Waals surface area contributed by atoms with Crippen LogP contribution in [0, 0.1) is 0 Å². The number of hydrogen-bond donors (Lipinski definition) is 1. The maximum Gasteiger partial charge on any atom is 0.407 e. The fourth-order valence-corrected chi connectivity index (χ4v) is 3.23. The Morgan fingerprint density at radius 1 is 1.27 bits per heavy atom. The summed E-state index contributed by atoms with van der Waals surface area (Å²) >= 11 is 0. The molecule has 1 atom stereocenters. The van der Waals surface area contributed by atoms with Gasteiger partial charge in [0, 0.05) is 19.1 Å². The van der Waals surface area contributed by atoms with Crippen LogP contribution in [-0.4, -0.2) is 54.8 Å². The molecule has 0 bridgehead atoms. The van der Waals surface area contributed by atoms with Gasteiger partial charge < -0.3 is 24.4 Å². The first-order valence-corrected chi connectivity index (χ1v) is 9.01. The van der Waals surface area contributed by atoms with Gasteiger partial charge >= 0.3 is 6.09 Å². The van der Waals surface area contributed by atoms with Crippen LogP contribution in [0.4, 0.5) is 4.79 Å². The van der Waals surface area contributed by atoms with Crippen LogP contribution in [0.25, 0.3) is 0 Å². The molecule has 0 aromatic heterocycles. The van der Waals surface area contributed by atoms with E-state index in [1.807, 2.05) is 20.8 Å². The van der Waals surface area contributed by atoms with E-state index < -0.39 is 11.7 Å². The van der Waals surface area contributed by atoms with Crippen molar-refractivity contribution in [2.24, 2.45) is 0 Å². The Balaban J connectivity index is 1.67. The summed E-state index contributed by atoms with van der Waals surface area (Å²) in [4.78, 5) is 26.7. The predicted octanol–water partition coefficient (Wildman–Crippen LogP) is 2.59. The number of carbonyl (C=O) groups excluding carboxylic acids is 2. The van der Waals surface area contributed by atoms with Crippen molar-refractivity contribution >= 4 is 12.0 Å². The minimum Gasteiger partial charge on any atom is -0.486 e. The maximum absolute atomic E-state index is 13.0. The second-order valence-electron chi connectivity index (χ2n) is 7.51. The third-order valence-electron chi connectivity index (χ3n) is 4.32. The van der Waals surface area contributed by atoms with E-state index in [1.165, 1.54) is 0 Å². The molecule has 1 aromatic rings. The second kappa shape index (κ2) is 7.43. The third-order valence-corrected chi connectivity index (χ3v) is 4.32. The Bertz CT molecular complexity index is 683. The summed E-state index contributed by atoms with van der Waals surface area (Å²) in [6.07, 6.45) is 1.28. The first-order valence-electron chi connectivity index (χ1n) is 9.01. The van der Waals surface area contributed by atoms with Gasteiger partial charge in [-0.25, -0.2) is 4.79 Å². The van der Waals surface area contributed by atoms with Crippen molar-refractivity contribution in [2.45, 2.75) is 45.3 Å². The summed E-state index contributed by atoms with van der Waals surface area (Å²) in [5.41, 5.74) is -0.0400. The molecule has 2 amide bonds. The minimum absolute atomic E-state index is 0.0598. The van der Waals surface area contributed by atoms with Crippen molar-refractivity contribution in [3.8, 4) is 11.5 Å². The number of ether oxygens (including phenoxy) is 3. The van der Waals surface area contributed by atoms with Gasteiger partial charge in [0.25, 0.3) is 5.91 Å². The number of nitrogens with zero attached hydrogens (tertiary/aromatic N) is 1. The Morgan fingerprint density at radius 3 is 2.81 bits per heavy atom. The van der Waals surface area contributed by atoms with E-state index in [0.717, 1.165) is 12.8 Å². The molecule has 1 fully saturated rings. The van der Waals surface area contributed by atoms with Crippen LogP contribution in [0.2, 0.25) is 0 Å². The van der Waals surface area contributed by atoms with Crippen LogP contribution in [0.5, 0.6) is 11.5 Å². The summed E-state index contributed by atoms with van der Waals surface area (Å²) in [6, 6.07) is 5.30. The number of nitrogens with one attached hydrogen (secondary N) is 1. The summed E-state index contributed by atoms with van der Waals surface area (Å²) in [6.45, 7) is 7.39. The summed E-state index contributed by atoms with van der Waals surface area (Å²) in [5.74, 6) is 1.01. The van der Waals surface area contributed by atoms with Crippen molar-refractivity contribution in [3.63, 3.8) is 0 Å². The van der Waals surface area contributed by atoms with Gasteiger partial charge in [0.15, 0.2) is 11.5 Å². The number of benzene rings is 1. The number of fused-ring (bicyclic) bond motifs is 1. The van der Waals surface area contributed by atoms with Gasteiger partial charge in [-0.1, -0.05) is 6.07 Å². The van der Waals surface area contributed by atoms with Crippen molar-refractivity contribution in [3.05, 3.63) is 23.8 Å². The molecule has 1 saturated heterocycles. The van der Waals surface area contributed by atoms with Crippen LogP contribution in [0.3, 0.4) is 0 Å². The van der Waals surface area contributed by atoms with E-state index in [-0.39, 0.29) is 11.9 Å². The van der Waals surface area contributed by atoms with E-state index in [0.29, 0.717) is 43.4 Å². The molecule has 2 aliphatic heterocycles.